The van der Waals surface area contributed by atoms with Crippen molar-refractivity contribution in [2.24, 2.45) is 0 Å². The Hall–Kier alpha value is -8.35. The molecule has 9 aromatic carbocycles. The van der Waals surface area contributed by atoms with Gasteiger partial charge in [-0.2, -0.15) is 0 Å². The summed E-state index contributed by atoms with van der Waals surface area (Å²) in [6.07, 6.45) is 0. The molecule has 0 spiro atoms. The number of fused-ring (bicyclic) bond motifs is 9. The second kappa shape index (κ2) is 15.9. The molecule has 0 amide bonds. The van der Waals surface area contributed by atoms with E-state index in [1.807, 2.05) is 84.9 Å². The van der Waals surface area contributed by atoms with Crippen LogP contribution >= 0.6 is 0 Å². The molecule has 0 radical (unpaired) electrons. The van der Waals surface area contributed by atoms with Crippen molar-refractivity contribution in [3.05, 3.63) is 224 Å². The fraction of sp³-hybridized carbons (Fsp3) is 0. The third-order valence-electron chi connectivity index (χ3n) is 11.5. The van der Waals surface area contributed by atoms with E-state index in [0.717, 1.165) is 89.2 Å². The predicted octanol–water partition coefficient (Wildman–Crippen LogP) is 15.3. The van der Waals surface area contributed by atoms with Gasteiger partial charge in [0.1, 0.15) is 23.1 Å². The van der Waals surface area contributed by atoms with E-state index in [9.17, 15) is 8.78 Å². The highest BCUT2D eigenvalue weighted by atomic mass is 19.1. The summed E-state index contributed by atoms with van der Waals surface area (Å²) in [5, 5.41) is 0. The summed E-state index contributed by atoms with van der Waals surface area (Å²) in [5.41, 5.74) is 14.1. The van der Waals surface area contributed by atoms with Crippen molar-refractivity contribution in [1.82, 2.24) is 15.0 Å². The van der Waals surface area contributed by atoms with Crippen LogP contribution in [0.2, 0.25) is 0 Å². The van der Waals surface area contributed by atoms with Crippen LogP contribution in [0, 0.1) is 11.6 Å². The smallest absolute Gasteiger partial charge is 0.164 e. The molecule has 298 valence electrons. The number of aromatic nitrogens is 3. The van der Waals surface area contributed by atoms with Crippen LogP contribution in [0.15, 0.2) is 212 Å². The topological polar surface area (TPSA) is 47.9 Å². The number of benzene rings is 9. The molecule has 63 heavy (non-hydrogen) atoms. The first-order valence-electron chi connectivity index (χ1n) is 20.7. The molecule has 2 heterocycles. The second-order valence-electron chi connectivity index (χ2n) is 15.4. The Morgan fingerprint density at radius 3 is 1.05 bits per heavy atom. The van der Waals surface area contributed by atoms with Crippen molar-refractivity contribution >= 4 is 0 Å². The minimum absolute atomic E-state index is 0.296. The van der Waals surface area contributed by atoms with Crippen molar-refractivity contribution in [2.75, 3.05) is 0 Å². The molecule has 1 aliphatic heterocycles. The van der Waals surface area contributed by atoms with Crippen molar-refractivity contribution in [3.8, 4) is 112 Å². The summed E-state index contributed by atoms with van der Waals surface area (Å²) >= 11 is 0. The maximum absolute atomic E-state index is 13.9. The molecule has 4 nitrogen and oxygen atoms in total. The molecule has 1 aromatic heterocycles. The lowest BCUT2D eigenvalue weighted by atomic mass is 9.86. The minimum atomic E-state index is -0.296. The highest BCUT2D eigenvalue weighted by molar-refractivity contribution is 5.98. The first-order chi connectivity index (χ1) is 31.0. The Labute approximate surface area is 363 Å². The molecule has 0 atom stereocenters. The van der Waals surface area contributed by atoms with Gasteiger partial charge in [0.25, 0.3) is 0 Å². The van der Waals surface area contributed by atoms with E-state index in [-0.39, 0.29) is 11.6 Å². The van der Waals surface area contributed by atoms with Crippen molar-refractivity contribution in [3.63, 3.8) is 0 Å². The first kappa shape index (κ1) is 37.6. The van der Waals surface area contributed by atoms with Gasteiger partial charge in [0.2, 0.25) is 0 Å². The van der Waals surface area contributed by atoms with Crippen LogP contribution < -0.4 is 4.74 Å². The number of ether oxygens (including phenoxy) is 1. The normalized spacial score (nSPS) is 11.5. The lowest BCUT2D eigenvalue weighted by Crippen LogP contribution is -2.01. The predicted molar refractivity (Wildman–Crippen MR) is 249 cm³/mol. The third kappa shape index (κ3) is 7.23. The average Bonchev–Trinajstić information content (AvgIpc) is 3.36. The highest BCUT2D eigenvalue weighted by Gasteiger charge is 2.23. The summed E-state index contributed by atoms with van der Waals surface area (Å²) in [6.45, 7) is 0. The van der Waals surface area contributed by atoms with Crippen LogP contribution in [0.4, 0.5) is 8.78 Å². The molecule has 10 aromatic rings. The zero-order valence-electron chi connectivity index (χ0n) is 33.7. The molecule has 0 saturated carbocycles. The standard InChI is InChI=1S/C57H35F2N3O/c58-43-28-23-36(24-29-43)38-11-9-13-40(33-38)55-60-56(41-14-10-12-39(34-41)37-25-30-44(59)31-26-37)62-57(61-55)42-27-32-49-47-17-2-1-15-45(47)46-16-3-4-18-48(46)50-19-5-7-21-53(50)63-54-22-8-6-20-51(54)52(49)35-42/h1-35H. The number of hydrogen-bond donors (Lipinski definition) is 0. The lowest BCUT2D eigenvalue weighted by molar-refractivity contribution is 0.486. The summed E-state index contributed by atoms with van der Waals surface area (Å²) in [6, 6.07) is 68.5. The molecule has 6 heteroatoms. The van der Waals surface area contributed by atoms with Gasteiger partial charge in [-0.1, -0.05) is 158 Å². The van der Waals surface area contributed by atoms with E-state index in [4.69, 9.17) is 19.7 Å². The quantitative estimate of drug-likeness (QED) is 0.174. The van der Waals surface area contributed by atoms with Crippen LogP contribution in [-0.4, -0.2) is 15.0 Å². The Morgan fingerprint density at radius 2 is 0.587 bits per heavy atom. The summed E-state index contributed by atoms with van der Waals surface area (Å²) in [5.74, 6) is 2.31. The van der Waals surface area contributed by atoms with Crippen molar-refractivity contribution in [1.29, 1.82) is 0 Å². The number of nitrogens with zero attached hydrogens (tertiary/aromatic N) is 3. The third-order valence-corrected chi connectivity index (χ3v) is 11.5. The zero-order valence-corrected chi connectivity index (χ0v) is 33.7. The van der Waals surface area contributed by atoms with Gasteiger partial charge in [-0.15, -0.1) is 0 Å². The number of para-hydroxylation sites is 2. The molecular weight excluding hydrogens is 781 g/mol. The maximum Gasteiger partial charge on any atom is 0.164 e. The summed E-state index contributed by atoms with van der Waals surface area (Å²) < 4.78 is 34.8. The molecule has 1 aliphatic rings. The molecule has 0 unspecified atom stereocenters. The van der Waals surface area contributed by atoms with Gasteiger partial charge in [0, 0.05) is 27.8 Å². The summed E-state index contributed by atoms with van der Waals surface area (Å²) in [4.78, 5) is 15.5. The fourth-order valence-corrected chi connectivity index (χ4v) is 8.45. The minimum Gasteiger partial charge on any atom is -0.456 e. The van der Waals surface area contributed by atoms with Crippen LogP contribution in [-0.2, 0) is 0 Å². The van der Waals surface area contributed by atoms with E-state index in [0.29, 0.717) is 23.2 Å². The van der Waals surface area contributed by atoms with Crippen LogP contribution in [0.1, 0.15) is 0 Å². The second-order valence-corrected chi connectivity index (χ2v) is 15.4. The van der Waals surface area contributed by atoms with E-state index in [1.54, 1.807) is 24.3 Å². The van der Waals surface area contributed by atoms with Gasteiger partial charge in [0.15, 0.2) is 17.5 Å². The van der Waals surface area contributed by atoms with Gasteiger partial charge in [-0.05, 0) is 110 Å². The Kier molecular flexibility index (Phi) is 9.51. The number of hydrogen-bond acceptors (Lipinski definition) is 4. The largest absolute Gasteiger partial charge is 0.456 e. The Balaban J connectivity index is 1.13. The van der Waals surface area contributed by atoms with Crippen LogP contribution in [0.3, 0.4) is 0 Å². The average molecular weight is 816 g/mol. The van der Waals surface area contributed by atoms with Crippen molar-refractivity contribution in [2.45, 2.75) is 0 Å². The van der Waals surface area contributed by atoms with Crippen LogP contribution in [0.25, 0.3) is 101 Å². The molecule has 0 N–H and O–H groups in total. The lowest BCUT2D eigenvalue weighted by Gasteiger charge is -2.18. The summed E-state index contributed by atoms with van der Waals surface area (Å²) in [7, 11) is 0. The number of rotatable bonds is 5. The molecule has 11 rings (SSSR count). The monoisotopic (exact) mass is 815 g/mol. The highest BCUT2D eigenvalue weighted by Crippen LogP contribution is 2.48. The van der Waals surface area contributed by atoms with Crippen molar-refractivity contribution < 1.29 is 13.5 Å². The Bertz CT molecular complexity index is 3240. The first-order valence-corrected chi connectivity index (χ1v) is 20.7. The molecule has 0 bridgehead atoms. The van der Waals surface area contributed by atoms with E-state index >= 15 is 0 Å². The van der Waals surface area contributed by atoms with Gasteiger partial charge in [-0.3, -0.25) is 0 Å². The van der Waals surface area contributed by atoms with E-state index < -0.39 is 0 Å². The molecule has 0 fully saturated rings. The van der Waals surface area contributed by atoms with E-state index in [1.165, 1.54) is 24.3 Å². The SMILES string of the molecule is Fc1ccc(-c2cccc(-c3nc(-c4cccc(-c5ccc(F)cc5)c4)nc(-c4ccc5c(c4)-c4ccccc4Oc4ccccc4-c4ccccc4-c4ccccc4-5)n3)c2)cc1. The van der Waals surface area contributed by atoms with Gasteiger partial charge >= 0.3 is 0 Å². The maximum atomic E-state index is 13.9. The van der Waals surface area contributed by atoms with Gasteiger partial charge in [-0.25, -0.2) is 23.7 Å². The molecular formula is C57H35F2N3O. The number of halogens is 2. The fourth-order valence-electron chi connectivity index (χ4n) is 8.45. The Morgan fingerprint density at radius 1 is 0.254 bits per heavy atom. The van der Waals surface area contributed by atoms with Gasteiger partial charge in [0.05, 0.1) is 0 Å². The molecule has 0 aliphatic carbocycles. The van der Waals surface area contributed by atoms with Gasteiger partial charge < -0.3 is 4.74 Å². The molecule has 0 saturated heterocycles. The van der Waals surface area contributed by atoms with Crippen LogP contribution in [0.5, 0.6) is 11.5 Å². The van der Waals surface area contributed by atoms with E-state index in [2.05, 4.69) is 78.9 Å². The zero-order chi connectivity index (χ0) is 42.3.